The summed E-state index contributed by atoms with van der Waals surface area (Å²) in [6.45, 7) is 3.58. The zero-order valence-electron chi connectivity index (χ0n) is 10.6. The molecule has 4 nitrogen and oxygen atoms in total. The molecule has 1 aromatic rings. The van der Waals surface area contributed by atoms with E-state index in [-0.39, 0.29) is 18.4 Å². The van der Waals surface area contributed by atoms with Crippen LogP contribution in [0.1, 0.15) is 19.4 Å². The van der Waals surface area contributed by atoms with Crippen molar-refractivity contribution in [1.82, 2.24) is 10.2 Å². The van der Waals surface area contributed by atoms with E-state index in [1.807, 2.05) is 0 Å². The summed E-state index contributed by atoms with van der Waals surface area (Å²) in [4.78, 5) is 25.4. The quantitative estimate of drug-likeness (QED) is 0.910. The number of piperazine rings is 1. The van der Waals surface area contributed by atoms with Crippen molar-refractivity contribution >= 4 is 35.0 Å². The smallest absolute Gasteiger partial charge is 0.245 e. The van der Waals surface area contributed by atoms with Crippen molar-refractivity contribution in [2.75, 3.05) is 0 Å². The first-order valence-electron chi connectivity index (χ1n) is 5.95. The third kappa shape index (κ3) is 2.69. The van der Waals surface area contributed by atoms with Crippen molar-refractivity contribution in [1.29, 1.82) is 0 Å². The number of hydrogen-bond acceptors (Lipinski definition) is 2. The number of amides is 2. The highest BCUT2D eigenvalue weighted by molar-refractivity contribution is 6.36. The minimum atomic E-state index is -0.531. The molecule has 1 N–H and O–H groups in total. The van der Waals surface area contributed by atoms with Gasteiger partial charge >= 0.3 is 0 Å². The van der Waals surface area contributed by atoms with Crippen molar-refractivity contribution in [2.45, 2.75) is 32.5 Å². The zero-order valence-corrected chi connectivity index (χ0v) is 12.1. The Kier molecular flexibility index (Phi) is 4.02. The second kappa shape index (κ2) is 5.39. The van der Waals surface area contributed by atoms with E-state index in [9.17, 15) is 9.59 Å². The summed E-state index contributed by atoms with van der Waals surface area (Å²) in [5.74, 6) is -0.307. The Morgan fingerprint density at radius 2 is 1.79 bits per heavy atom. The fourth-order valence-corrected chi connectivity index (χ4v) is 2.56. The van der Waals surface area contributed by atoms with E-state index in [4.69, 9.17) is 23.2 Å². The lowest BCUT2D eigenvalue weighted by molar-refractivity contribution is -0.148. The number of rotatable bonds is 2. The van der Waals surface area contributed by atoms with Crippen LogP contribution in [0.4, 0.5) is 0 Å². The van der Waals surface area contributed by atoms with E-state index >= 15 is 0 Å². The van der Waals surface area contributed by atoms with Crippen LogP contribution in [0.15, 0.2) is 18.2 Å². The fraction of sp³-hybridized carbons (Fsp3) is 0.385. The monoisotopic (exact) mass is 300 g/mol. The van der Waals surface area contributed by atoms with Crippen LogP contribution >= 0.6 is 23.2 Å². The van der Waals surface area contributed by atoms with Gasteiger partial charge < -0.3 is 10.2 Å². The Morgan fingerprint density at radius 1 is 1.21 bits per heavy atom. The summed E-state index contributed by atoms with van der Waals surface area (Å²) in [5.41, 5.74) is 0.660. The Hall–Kier alpha value is -1.26. The van der Waals surface area contributed by atoms with E-state index in [0.717, 1.165) is 0 Å². The average molecular weight is 301 g/mol. The lowest BCUT2D eigenvalue weighted by atomic mass is 10.1. The molecule has 19 heavy (non-hydrogen) atoms. The van der Waals surface area contributed by atoms with Crippen LogP contribution in [0.5, 0.6) is 0 Å². The molecule has 0 spiro atoms. The van der Waals surface area contributed by atoms with Crippen molar-refractivity contribution in [3.05, 3.63) is 33.8 Å². The van der Waals surface area contributed by atoms with Gasteiger partial charge in [-0.1, -0.05) is 29.3 Å². The first-order chi connectivity index (χ1) is 8.91. The SMILES string of the molecule is CC1NC(=O)C(C)N(Cc2c(Cl)cccc2Cl)C1=O. The number of hydrogen-bond donors (Lipinski definition) is 1. The number of nitrogens with zero attached hydrogens (tertiary/aromatic N) is 1. The van der Waals surface area contributed by atoms with Crippen LogP contribution in [0.3, 0.4) is 0 Å². The number of carbonyl (C=O) groups is 2. The van der Waals surface area contributed by atoms with Crippen LogP contribution in [-0.4, -0.2) is 28.8 Å². The molecule has 2 rings (SSSR count). The van der Waals surface area contributed by atoms with Gasteiger partial charge in [0.25, 0.3) is 0 Å². The zero-order chi connectivity index (χ0) is 14.2. The fourth-order valence-electron chi connectivity index (χ4n) is 2.05. The lowest BCUT2D eigenvalue weighted by Crippen LogP contribution is -2.60. The first kappa shape index (κ1) is 14.2. The molecule has 2 amide bonds. The summed E-state index contributed by atoms with van der Waals surface area (Å²) in [5, 5.41) is 3.61. The van der Waals surface area contributed by atoms with Crippen molar-refractivity contribution in [3.63, 3.8) is 0 Å². The molecular weight excluding hydrogens is 287 g/mol. The predicted octanol–water partition coefficient (Wildman–Crippen LogP) is 2.23. The van der Waals surface area contributed by atoms with E-state index < -0.39 is 12.1 Å². The van der Waals surface area contributed by atoms with Gasteiger partial charge in [-0.05, 0) is 26.0 Å². The maximum absolute atomic E-state index is 12.1. The molecule has 1 fully saturated rings. The minimum Gasteiger partial charge on any atom is -0.343 e. The number of halogens is 2. The molecule has 102 valence electrons. The molecule has 1 aliphatic heterocycles. The molecule has 1 heterocycles. The third-order valence-electron chi connectivity index (χ3n) is 3.25. The van der Waals surface area contributed by atoms with E-state index in [0.29, 0.717) is 15.6 Å². The van der Waals surface area contributed by atoms with Gasteiger partial charge in [-0.3, -0.25) is 9.59 Å². The number of nitrogens with one attached hydrogen (secondary N) is 1. The standard InChI is InChI=1S/C13H14Cl2N2O2/c1-7-13(19)17(8(2)12(18)16-7)6-9-10(14)4-3-5-11(9)15/h3-5,7-8H,6H2,1-2H3,(H,16,18). The van der Waals surface area contributed by atoms with Crippen LogP contribution in [0.2, 0.25) is 10.0 Å². The summed E-state index contributed by atoms with van der Waals surface area (Å²) in [6, 6.07) is 4.11. The number of benzene rings is 1. The lowest BCUT2D eigenvalue weighted by Gasteiger charge is -2.36. The van der Waals surface area contributed by atoms with E-state index in [1.165, 1.54) is 4.90 Å². The van der Waals surface area contributed by atoms with Crippen LogP contribution < -0.4 is 5.32 Å². The molecule has 2 unspecified atom stereocenters. The Balaban J connectivity index is 2.30. The van der Waals surface area contributed by atoms with Crippen molar-refractivity contribution in [2.24, 2.45) is 0 Å². The Morgan fingerprint density at radius 3 is 2.37 bits per heavy atom. The van der Waals surface area contributed by atoms with Gasteiger partial charge in [-0.25, -0.2) is 0 Å². The second-order valence-corrected chi connectivity index (χ2v) is 5.39. The summed E-state index contributed by atoms with van der Waals surface area (Å²) in [7, 11) is 0. The van der Waals surface area contributed by atoms with Crippen molar-refractivity contribution < 1.29 is 9.59 Å². The van der Waals surface area contributed by atoms with Gasteiger partial charge in [0, 0.05) is 22.2 Å². The molecule has 0 aliphatic carbocycles. The maximum Gasteiger partial charge on any atom is 0.245 e. The average Bonchev–Trinajstić information content (AvgIpc) is 2.35. The van der Waals surface area contributed by atoms with E-state index in [1.54, 1.807) is 32.0 Å². The molecule has 0 radical (unpaired) electrons. The van der Waals surface area contributed by atoms with Gasteiger partial charge in [0.2, 0.25) is 11.8 Å². The molecule has 1 aliphatic rings. The largest absolute Gasteiger partial charge is 0.343 e. The van der Waals surface area contributed by atoms with E-state index in [2.05, 4.69) is 5.32 Å². The summed E-state index contributed by atoms with van der Waals surface area (Å²) >= 11 is 12.2. The normalized spacial score (nSPS) is 23.5. The van der Waals surface area contributed by atoms with Gasteiger partial charge in [-0.2, -0.15) is 0 Å². The third-order valence-corrected chi connectivity index (χ3v) is 3.96. The molecule has 0 bridgehead atoms. The molecule has 2 atom stereocenters. The molecule has 1 aromatic carbocycles. The Labute approximate surface area is 121 Å². The topological polar surface area (TPSA) is 49.4 Å². The van der Waals surface area contributed by atoms with Gasteiger partial charge in [0.1, 0.15) is 12.1 Å². The Bertz CT molecular complexity index is 513. The number of carbonyl (C=O) groups excluding carboxylic acids is 2. The molecule has 1 saturated heterocycles. The second-order valence-electron chi connectivity index (χ2n) is 4.57. The predicted molar refractivity (Wildman–Crippen MR) is 74.1 cm³/mol. The molecular formula is C13H14Cl2N2O2. The molecule has 6 heteroatoms. The first-order valence-corrected chi connectivity index (χ1v) is 6.71. The van der Waals surface area contributed by atoms with Crippen LogP contribution in [-0.2, 0) is 16.1 Å². The minimum absolute atomic E-state index is 0.136. The summed E-state index contributed by atoms with van der Waals surface area (Å²) in [6.07, 6.45) is 0. The van der Waals surface area contributed by atoms with Gasteiger partial charge in [0.15, 0.2) is 0 Å². The van der Waals surface area contributed by atoms with Gasteiger partial charge in [-0.15, -0.1) is 0 Å². The highest BCUT2D eigenvalue weighted by atomic mass is 35.5. The van der Waals surface area contributed by atoms with Crippen LogP contribution in [0.25, 0.3) is 0 Å². The highest BCUT2D eigenvalue weighted by Crippen LogP contribution is 2.27. The van der Waals surface area contributed by atoms with Crippen LogP contribution in [0, 0.1) is 0 Å². The molecule has 0 saturated carbocycles. The summed E-state index contributed by atoms with van der Waals surface area (Å²) < 4.78 is 0. The highest BCUT2D eigenvalue weighted by Gasteiger charge is 2.36. The van der Waals surface area contributed by atoms with Gasteiger partial charge in [0.05, 0.1) is 0 Å². The maximum atomic E-state index is 12.1. The molecule has 0 aromatic heterocycles. The van der Waals surface area contributed by atoms with Crippen molar-refractivity contribution in [3.8, 4) is 0 Å².